The van der Waals surface area contributed by atoms with Crippen LogP contribution in [0.2, 0.25) is 0 Å². The number of ether oxygens (including phenoxy) is 2. The van der Waals surface area contributed by atoms with Crippen molar-refractivity contribution in [3.8, 4) is 5.19 Å². The SMILES string of the molecule is C=Cc1cnc(COc2nnc(NC(=O)OC(C)(C)C)s2)cn1. The van der Waals surface area contributed by atoms with Gasteiger partial charge >= 0.3 is 6.09 Å². The molecule has 2 heterocycles. The van der Waals surface area contributed by atoms with Gasteiger partial charge in [0.05, 0.1) is 23.8 Å². The van der Waals surface area contributed by atoms with Crippen LogP contribution in [0.5, 0.6) is 5.19 Å². The minimum absolute atomic E-state index is 0.200. The van der Waals surface area contributed by atoms with E-state index in [9.17, 15) is 4.79 Å². The lowest BCUT2D eigenvalue weighted by atomic mass is 10.2. The van der Waals surface area contributed by atoms with Crippen LogP contribution in [0.15, 0.2) is 19.0 Å². The number of nitrogens with one attached hydrogen (secondary N) is 1. The van der Waals surface area contributed by atoms with Gasteiger partial charge in [0.2, 0.25) is 5.13 Å². The average molecular weight is 335 g/mol. The Labute approximate surface area is 137 Å². The number of carbonyl (C=O) groups excluding carboxylic acids is 1. The van der Waals surface area contributed by atoms with Crippen molar-refractivity contribution in [2.75, 3.05) is 5.32 Å². The van der Waals surface area contributed by atoms with Gasteiger partial charge < -0.3 is 9.47 Å². The first-order valence-corrected chi connectivity index (χ1v) is 7.57. The van der Waals surface area contributed by atoms with Crippen LogP contribution >= 0.6 is 11.3 Å². The summed E-state index contributed by atoms with van der Waals surface area (Å²) in [5.74, 6) is 0. The standard InChI is InChI=1S/C14H17N5O3S/c1-5-9-6-16-10(7-15-9)8-21-13-19-18-11(23-13)17-12(20)22-14(2,3)4/h5-7H,1,8H2,2-4H3,(H,17,18,20). The van der Waals surface area contributed by atoms with Gasteiger partial charge in [-0.25, -0.2) is 4.79 Å². The Balaban J connectivity index is 1.86. The first kappa shape index (κ1) is 16.8. The van der Waals surface area contributed by atoms with Crippen LogP contribution < -0.4 is 10.1 Å². The van der Waals surface area contributed by atoms with Crippen molar-refractivity contribution in [1.29, 1.82) is 0 Å². The lowest BCUT2D eigenvalue weighted by Gasteiger charge is -2.18. The number of anilines is 1. The molecular weight excluding hydrogens is 318 g/mol. The molecule has 9 heteroatoms. The third-order valence-electron chi connectivity index (χ3n) is 2.29. The number of aromatic nitrogens is 4. The van der Waals surface area contributed by atoms with E-state index >= 15 is 0 Å². The quantitative estimate of drug-likeness (QED) is 0.896. The summed E-state index contributed by atoms with van der Waals surface area (Å²) in [6.07, 6.45) is 4.21. The molecule has 23 heavy (non-hydrogen) atoms. The van der Waals surface area contributed by atoms with Crippen LogP contribution in [0.25, 0.3) is 6.08 Å². The van der Waals surface area contributed by atoms with Crippen molar-refractivity contribution in [3.05, 3.63) is 30.4 Å². The van der Waals surface area contributed by atoms with Crippen LogP contribution in [-0.2, 0) is 11.3 Å². The minimum atomic E-state index is -0.592. The van der Waals surface area contributed by atoms with Crippen LogP contribution in [-0.4, -0.2) is 31.9 Å². The Morgan fingerprint density at radius 3 is 2.74 bits per heavy atom. The van der Waals surface area contributed by atoms with Crippen molar-refractivity contribution in [3.63, 3.8) is 0 Å². The first-order valence-electron chi connectivity index (χ1n) is 6.75. The number of hydrogen-bond acceptors (Lipinski definition) is 8. The van der Waals surface area contributed by atoms with Gasteiger partial charge in [0.1, 0.15) is 12.2 Å². The maximum atomic E-state index is 11.6. The van der Waals surface area contributed by atoms with Crippen molar-refractivity contribution in [2.24, 2.45) is 0 Å². The number of rotatable bonds is 5. The van der Waals surface area contributed by atoms with E-state index in [0.29, 0.717) is 21.7 Å². The Kier molecular flexibility index (Phi) is 5.22. The summed E-state index contributed by atoms with van der Waals surface area (Å²) in [4.78, 5) is 19.9. The van der Waals surface area contributed by atoms with E-state index in [-0.39, 0.29) is 6.61 Å². The highest BCUT2D eigenvalue weighted by Crippen LogP contribution is 2.23. The fraction of sp³-hybridized carbons (Fsp3) is 0.357. The monoisotopic (exact) mass is 335 g/mol. The second kappa shape index (κ2) is 7.14. The molecule has 2 rings (SSSR count). The van der Waals surface area contributed by atoms with E-state index in [1.54, 1.807) is 39.2 Å². The molecule has 8 nitrogen and oxygen atoms in total. The predicted molar refractivity (Wildman–Crippen MR) is 86.2 cm³/mol. The zero-order chi connectivity index (χ0) is 16.9. The molecule has 0 radical (unpaired) electrons. The molecule has 0 aliphatic carbocycles. The Morgan fingerprint density at radius 2 is 2.13 bits per heavy atom. The average Bonchev–Trinajstić information content (AvgIpc) is 2.91. The molecule has 1 N–H and O–H groups in total. The molecule has 0 aliphatic rings. The zero-order valence-corrected chi connectivity index (χ0v) is 13.9. The van der Waals surface area contributed by atoms with Crippen LogP contribution in [0.4, 0.5) is 9.93 Å². The van der Waals surface area contributed by atoms with E-state index in [1.807, 2.05) is 0 Å². The highest BCUT2D eigenvalue weighted by molar-refractivity contribution is 7.17. The molecule has 0 bridgehead atoms. The number of nitrogens with zero attached hydrogens (tertiary/aromatic N) is 4. The van der Waals surface area contributed by atoms with Gasteiger partial charge in [-0.15, -0.1) is 5.10 Å². The smallest absolute Gasteiger partial charge is 0.414 e. The van der Waals surface area contributed by atoms with Gasteiger partial charge in [0, 0.05) is 0 Å². The molecule has 0 saturated heterocycles. The summed E-state index contributed by atoms with van der Waals surface area (Å²) in [6.45, 7) is 9.14. The maximum Gasteiger partial charge on any atom is 0.414 e. The molecule has 0 atom stereocenters. The van der Waals surface area contributed by atoms with Gasteiger partial charge in [0.25, 0.3) is 5.19 Å². The van der Waals surface area contributed by atoms with Crippen LogP contribution in [0.1, 0.15) is 32.2 Å². The Morgan fingerprint density at radius 1 is 1.35 bits per heavy atom. The van der Waals surface area contributed by atoms with E-state index in [0.717, 1.165) is 11.3 Å². The lowest BCUT2D eigenvalue weighted by Crippen LogP contribution is -2.27. The van der Waals surface area contributed by atoms with Gasteiger partial charge in [-0.2, -0.15) is 0 Å². The molecule has 2 aromatic rings. The normalized spacial score (nSPS) is 10.9. The van der Waals surface area contributed by atoms with Crippen molar-refractivity contribution < 1.29 is 14.3 Å². The zero-order valence-electron chi connectivity index (χ0n) is 13.1. The molecule has 0 fully saturated rings. The molecule has 2 aromatic heterocycles. The largest absolute Gasteiger partial charge is 0.462 e. The summed E-state index contributed by atoms with van der Waals surface area (Å²) in [5, 5.41) is 10.7. The molecule has 0 spiro atoms. The summed E-state index contributed by atoms with van der Waals surface area (Å²) in [6, 6.07) is 0. The lowest BCUT2D eigenvalue weighted by molar-refractivity contribution is 0.0636. The summed E-state index contributed by atoms with van der Waals surface area (Å²) in [7, 11) is 0. The highest BCUT2D eigenvalue weighted by Gasteiger charge is 2.17. The van der Waals surface area contributed by atoms with E-state index in [1.165, 1.54) is 0 Å². The van der Waals surface area contributed by atoms with Gasteiger partial charge in [-0.05, 0) is 38.2 Å². The topological polar surface area (TPSA) is 99.1 Å². The molecule has 0 aliphatic heterocycles. The first-order chi connectivity index (χ1) is 10.9. The molecule has 122 valence electrons. The van der Waals surface area contributed by atoms with Gasteiger partial charge in [-0.3, -0.25) is 15.3 Å². The fourth-order valence-electron chi connectivity index (χ4n) is 1.39. The van der Waals surface area contributed by atoms with Crippen molar-refractivity contribution in [2.45, 2.75) is 33.0 Å². The highest BCUT2D eigenvalue weighted by atomic mass is 32.1. The summed E-state index contributed by atoms with van der Waals surface area (Å²) < 4.78 is 10.6. The van der Waals surface area contributed by atoms with Crippen LogP contribution in [0, 0.1) is 0 Å². The second-order valence-corrected chi connectivity index (χ2v) is 6.37. The van der Waals surface area contributed by atoms with E-state index < -0.39 is 11.7 Å². The summed E-state index contributed by atoms with van der Waals surface area (Å²) in [5.41, 5.74) is 0.755. The van der Waals surface area contributed by atoms with Crippen molar-refractivity contribution in [1.82, 2.24) is 20.2 Å². The number of hydrogen-bond donors (Lipinski definition) is 1. The Hall–Kier alpha value is -2.55. The second-order valence-electron chi connectivity index (χ2n) is 5.43. The molecule has 0 unspecified atom stereocenters. The molecule has 0 aromatic carbocycles. The Bertz CT molecular complexity index is 678. The van der Waals surface area contributed by atoms with E-state index in [2.05, 4.69) is 32.1 Å². The van der Waals surface area contributed by atoms with Gasteiger partial charge in [0.15, 0.2) is 0 Å². The predicted octanol–water partition coefficient (Wildman–Crippen LogP) is 2.90. The number of carbonyl (C=O) groups is 1. The van der Waals surface area contributed by atoms with Gasteiger partial charge in [-0.1, -0.05) is 11.7 Å². The van der Waals surface area contributed by atoms with Crippen LogP contribution in [0.3, 0.4) is 0 Å². The molecule has 0 saturated carbocycles. The third-order valence-corrected chi connectivity index (χ3v) is 3.04. The fourth-order valence-corrected chi connectivity index (χ4v) is 1.97. The van der Waals surface area contributed by atoms with Crippen molar-refractivity contribution >= 4 is 28.6 Å². The summed E-state index contributed by atoms with van der Waals surface area (Å²) >= 11 is 1.09. The van der Waals surface area contributed by atoms with E-state index in [4.69, 9.17) is 9.47 Å². The molecular formula is C14H17N5O3S. The third kappa shape index (κ3) is 5.62. The molecule has 1 amide bonds. The minimum Gasteiger partial charge on any atom is -0.462 e. The maximum absolute atomic E-state index is 11.6. The number of amides is 1.